The minimum atomic E-state index is -1.30. The second kappa shape index (κ2) is 9.38. The first kappa shape index (κ1) is 21.7. The van der Waals surface area contributed by atoms with Gasteiger partial charge in [0.05, 0.1) is 0 Å². The summed E-state index contributed by atoms with van der Waals surface area (Å²) < 4.78 is 16.0. The van der Waals surface area contributed by atoms with Gasteiger partial charge < -0.3 is 14.2 Å². The average Bonchev–Trinajstić information content (AvgIpc) is 2.56. The van der Waals surface area contributed by atoms with Gasteiger partial charge in [0, 0.05) is 7.11 Å². The molecule has 0 spiro atoms. The molecule has 0 unspecified atom stereocenters. The Morgan fingerprint density at radius 2 is 1.77 bits per heavy atom. The lowest BCUT2D eigenvalue weighted by Gasteiger charge is -2.38. The van der Waals surface area contributed by atoms with Crippen molar-refractivity contribution >= 4 is 12.1 Å². The van der Waals surface area contributed by atoms with Gasteiger partial charge in [-0.2, -0.15) is 0 Å². The first-order valence-electron chi connectivity index (χ1n) is 8.45. The molecule has 1 amide bonds. The Labute approximate surface area is 155 Å². The van der Waals surface area contributed by atoms with Crippen LogP contribution in [-0.4, -0.2) is 41.9 Å². The fourth-order valence-electron chi connectivity index (χ4n) is 2.31. The molecule has 0 aliphatic rings. The van der Waals surface area contributed by atoms with E-state index >= 15 is 0 Å². The van der Waals surface area contributed by atoms with Gasteiger partial charge in [-0.25, -0.2) is 9.59 Å². The number of ether oxygens (including phenoxy) is 3. The van der Waals surface area contributed by atoms with Crippen molar-refractivity contribution in [3.8, 4) is 0 Å². The van der Waals surface area contributed by atoms with E-state index in [9.17, 15) is 9.59 Å². The van der Waals surface area contributed by atoms with Crippen LogP contribution in [0.2, 0.25) is 0 Å². The molecule has 1 atom stereocenters. The largest absolute Gasteiger partial charge is 0.459 e. The van der Waals surface area contributed by atoms with E-state index in [2.05, 4.69) is 6.58 Å². The fraction of sp³-hybridized carbons (Fsp3) is 0.500. The van der Waals surface area contributed by atoms with Crippen LogP contribution in [0.3, 0.4) is 0 Å². The van der Waals surface area contributed by atoms with Crippen molar-refractivity contribution in [3.63, 3.8) is 0 Å². The molecule has 0 aromatic heterocycles. The SMILES string of the molecule is C=CC[C@](C)(C(=O)OCc1ccccc1)N(COC)C(=O)OC(C)(C)C. The third-order valence-electron chi connectivity index (χ3n) is 3.66. The molecule has 0 bridgehead atoms. The number of methoxy groups -OCH3 is 1. The number of amides is 1. The zero-order chi connectivity index (χ0) is 19.8. The monoisotopic (exact) mass is 363 g/mol. The molecule has 0 aliphatic carbocycles. The Bertz CT molecular complexity index is 608. The topological polar surface area (TPSA) is 65.1 Å². The summed E-state index contributed by atoms with van der Waals surface area (Å²) in [6.07, 6.45) is 1.11. The molecule has 1 rings (SSSR count). The van der Waals surface area contributed by atoms with Crippen molar-refractivity contribution in [3.05, 3.63) is 48.6 Å². The maximum absolute atomic E-state index is 12.8. The summed E-state index contributed by atoms with van der Waals surface area (Å²) in [5, 5.41) is 0. The highest BCUT2D eigenvalue weighted by Gasteiger charge is 2.44. The molecule has 144 valence electrons. The summed E-state index contributed by atoms with van der Waals surface area (Å²) >= 11 is 0. The lowest BCUT2D eigenvalue weighted by atomic mass is 9.96. The zero-order valence-electron chi connectivity index (χ0n) is 16.3. The van der Waals surface area contributed by atoms with Crippen LogP contribution >= 0.6 is 0 Å². The molecule has 0 saturated carbocycles. The van der Waals surface area contributed by atoms with E-state index in [-0.39, 0.29) is 19.8 Å². The number of hydrogen-bond acceptors (Lipinski definition) is 5. The third-order valence-corrected chi connectivity index (χ3v) is 3.66. The van der Waals surface area contributed by atoms with Crippen LogP contribution in [0, 0.1) is 0 Å². The quantitative estimate of drug-likeness (QED) is 0.398. The van der Waals surface area contributed by atoms with Gasteiger partial charge in [-0.1, -0.05) is 36.4 Å². The maximum atomic E-state index is 12.8. The summed E-state index contributed by atoms with van der Waals surface area (Å²) in [6, 6.07) is 9.34. The summed E-state index contributed by atoms with van der Waals surface area (Å²) in [5.41, 5.74) is -1.14. The molecule has 0 N–H and O–H groups in total. The van der Waals surface area contributed by atoms with Crippen LogP contribution in [0.4, 0.5) is 4.79 Å². The molecule has 0 heterocycles. The molecule has 6 heteroatoms. The maximum Gasteiger partial charge on any atom is 0.413 e. The van der Waals surface area contributed by atoms with E-state index in [1.807, 2.05) is 30.3 Å². The van der Waals surface area contributed by atoms with E-state index in [1.54, 1.807) is 33.8 Å². The van der Waals surface area contributed by atoms with E-state index in [1.165, 1.54) is 12.0 Å². The first-order valence-corrected chi connectivity index (χ1v) is 8.45. The molecule has 26 heavy (non-hydrogen) atoms. The number of hydrogen-bond donors (Lipinski definition) is 0. The summed E-state index contributed by atoms with van der Waals surface area (Å²) in [5.74, 6) is -0.552. The van der Waals surface area contributed by atoms with Gasteiger partial charge in [0.25, 0.3) is 0 Å². The van der Waals surface area contributed by atoms with Gasteiger partial charge in [-0.05, 0) is 39.7 Å². The van der Waals surface area contributed by atoms with Gasteiger partial charge in [0.2, 0.25) is 0 Å². The molecular weight excluding hydrogens is 334 g/mol. The first-order chi connectivity index (χ1) is 12.1. The predicted octanol–water partition coefficient (Wildman–Crippen LogP) is 3.91. The smallest absolute Gasteiger partial charge is 0.413 e. The van der Waals surface area contributed by atoms with Gasteiger partial charge >= 0.3 is 12.1 Å². The van der Waals surface area contributed by atoms with E-state index in [0.717, 1.165) is 5.56 Å². The van der Waals surface area contributed by atoms with E-state index in [4.69, 9.17) is 14.2 Å². The van der Waals surface area contributed by atoms with Gasteiger partial charge in [0.15, 0.2) is 0 Å². The van der Waals surface area contributed by atoms with Gasteiger partial charge in [-0.15, -0.1) is 6.58 Å². The number of esters is 1. The normalized spacial score (nSPS) is 13.4. The molecule has 0 radical (unpaired) electrons. The second-order valence-electron chi connectivity index (χ2n) is 7.15. The number of nitrogens with zero attached hydrogens (tertiary/aromatic N) is 1. The van der Waals surface area contributed by atoms with Crippen molar-refractivity contribution in [1.82, 2.24) is 4.90 Å². The summed E-state index contributed by atoms with van der Waals surface area (Å²) in [7, 11) is 1.45. The van der Waals surface area contributed by atoms with E-state index < -0.39 is 23.2 Å². The van der Waals surface area contributed by atoms with Crippen molar-refractivity contribution in [1.29, 1.82) is 0 Å². The van der Waals surface area contributed by atoms with Gasteiger partial charge in [0.1, 0.15) is 24.5 Å². The number of carbonyl (C=O) groups excluding carboxylic acids is 2. The highest BCUT2D eigenvalue weighted by molar-refractivity contribution is 5.85. The molecule has 1 aromatic rings. The Morgan fingerprint density at radius 3 is 2.27 bits per heavy atom. The second-order valence-corrected chi connectivity index (χ2v) is 7.15. The van der Waals surface area contributed by atoms with Gasteiger partial charge in [-0.3, -0.25) is 4.90 Å². The van der Waals surface area contributed by atoms with Crippen LogP contribution < -0.4 is 0 Å². The number of benzene rings is 1. The Morgan fingerprint density at radius 1 is 1.15 bits per heavy atom. The van der Waals surface area contributed by atoms with Crippen LogP contribution in [-0.2, 0) is 25.6 Å². The Kier molecular flexibility index (Phi) is 7.83. The predicted molar refractivity (Wildman–Crippen MR) is 99.4 cm³/mol. The number of rotatable bonds is 8. The molecular formula is C20H29NO5. The summed E-state index contributed by atoms with van der Waals surface area (Å²) in [6.45, 7) is 10.6. The third kappa shape index (κ3) is 6.19. The molecule has 1 aromatic carbocycles. The Balaban J connectivity index is 3.02. The minimum absolute atomic E-state index is 0.111. The molecule has 0 fully saturated rings. The van der Waals surface area contributed by atoms with Crippen molar-refractivity contribution in [2.75, 3.05) is 13.8 Å². The highest BCUT2D eigenvalue weighted by Crippen LogP contribution is 2.25. The zero-order valence-corrected chi connectivity index (χ0v) is 16.3. The van der Waals surface area contributed by atoms with Crippen molar-refractivity contribution in [2.24, 2.45) is 0 Å². The number of carbonyl (C=O) groups is 2. The molecule has 6 nitrogen and oxygen atoms in total. The molecule has 0 aliphatic heterocycles. The van der Waals surface area contributed by atoms with Crippen molar-refractivity contribution < 1.29 is 23.8 Å². The Hall–Kier alpha value is -2.34. The molecule has 0 saturated heterocycles. The average molecular weight is 363 g/mol. The van der Waals surface area contributed by atoms with Crippen LogP contribution in [0.15, 0.2) is 43.0 Å². The lowest BCUT2D eigenvalue weighted by molar-refractivity contribution is -0.161. The van der Waals surface area contributed by atoms with Crippen LogP contribution in [0.25, 0.3) is 0 Å². The highest BCUT2D eigenvalue weighted by atomic mass is 16.6. The summed E-state index contributed by atoms with van der Waals surface area (Å²) in [4.78, 5) is 26.7. The van der Waals surface area contributed by atoms with Crippen LogP contribution in [0.5, 0.6) is 0 Å². The lowest BCUT2D eigenvalue weighted by Crippen LogP contribution is -2.57. The standard InChI is InChI=1S/C20H29NO5/c1-7-13-20(5,17(22)25-14-16-11-9-8-10-12-16)21(15-24-6)18(23)26-19(2,3)4/h7-12H,1,13-15H2,2-6H3/t20-/m1/s1. The van der Waals surface area contributed by atoms with E-state index in [0.29, 0.717) is 0 Å². The minimum Gasteiger partial charge on any atom is -0.459 e. The van der Waals surface area contributed by atoms with Crippen LogP contribution in [0.1, 0.15) is 39.7 Å². The fourth-order valence-corrected chi connectivity index (χ4v) is 2.31. The van der Waals surface area contributed by atoms with Crippen molar-refractivity contribution in [2.45, 2.75) is 51.9 Å².